The van der Waals surface area contributed by atoms with Gasteiger partial charge in [0.2, 0.25) is 0 Å². The predicted molar refractivity (Wildman–Crippen MR) is 64.2 cm³/mol. The van der Waals surface area contributed by atoms with Crippen molar-refractivity contribution in [2.24, 2.45) is 0 Å². The minimum atomic E-state index is -4.95. The first-order valence-corrected chi connectivity index (χ1v) is 6.40. The molecule has 0 unspecified atom stereocenters. The maximum absolute atomic E-state index is 12.4. The molecule has 1 fully saturated rings. The van der Waals surface area contributed by atoms with E-state index < -0.39 is 36.2 Å². The number of morpholine rings is 1. The van der Waals surface area contributed by atoms with Gasteiger partial charge in [-0.25, -0.2) is 0 Å². The molecule has 1 aliphatic heterocycles. The molecule has 21 heavy (non-hydrogen) atoms. The Bertz CT molecular complexity index is 391. The molecular weight excluding hydrogens is 295 g/mol. The van der Waals surface area contributed by atoms with Gasteiger partial charge in [-0.2, -0.15) is 13.2 Å². The highest BCUT2D eigenvalue weighted by Crippen LogP contribution is 2.32. The summed E-state index contributed by atoms with van der Waals surface area (Å²) in [7, 11) is 0. The van der Waals surface area contributed by atoms with Crippen LogP contribution in [-0.4, -0.2) is 66.1 Å². The van der Waals surface area contributed by atoms with Crippen molar-refractivity contribution in [3.63, 3.8) is 0 Å². The van der Waals surface area contributed by atoms with E-state index in [1.165, 1.54) is 11.8 Å². The Labute approximate surface area is 119 Å². The molecule has 0 aliphatic carbocycles. The summed E-state index contributed by atoms with van der Waals surface area (Å²) in [5.74, 6) is -1.79. The summed E-state index contributed by atoms with van der Waals surface area (Å²) in [4.78, 5) is 24.7. The first-order valence-electron chi connectivity index (χ1n) is 6.40. The molecule has 1 saturated heterocycles. The highest BCUT2D eigenvalue weighted by Gasteiger charge is 2.51. The van der Waals surface area contributed by atoms with Gasteiger partial charge in [0, 0.05) is 13.1 Å². The standard InChI is InChI=1S/C12H18F3NO5/c1-8(10(18)16-3-5-20-6-4-16)21-9(17)7-11(2,19)12(13,14)15/h8,19H,3-7H2,1-2H3/t8-,11-/m1/s1. The average Bonchev–Trinajstić information content (AvgIpc) is 2.36. The monoisotopic (exact) mass is 313 g/mol. The number of amides is 1. The summed E-state index contributed by atoms with van der Waals surface area (Å²) in [6.07, 6.45) is -7.43. The molecule has 0 aromatic rings. The lowest BCUT2D eigenvalue weighted by Crippen LogP contribution is -2.47. The van der Waals surface area contributed by atoms with Crippen LogP contribution in [0.3, 0.4) is 0 Å². The molecule has 122 valence electrons. The molecule has 0 aromatic carbocycles. The van der Waals surface area contributed by atoms with Crippen LogP contribution in [0.5, 0.6) is 0 Å². The lowest BCUT2D eigenvalue weighted by molar-refractivity contribution is -0.256. The number of hydrogen-bond donors (Lipinski definition) is 1. The number of carbonyl (C=O) groups is 2. The molecular formula is C12H18F3NO5. The molecule has 1 aliphatic rings. The van der Waals surface area contributed by atoms with Crippen molar-refractivity contribution in [3.05, 3.63) is 0 Å². The van der Waals surface area contributed by atoms with Crippen molar-refractivity contribution in [3.8, 4) is 0 Å². The lowest BCUT2D eigenvalue weighted by Gasteiger charge is -2.29. The summed E-state index contributed by atoms with van der Waals surface area (Å²) in [6, 6.07) is 0. The molecule has 9 heteroatoms. The van der Waals surface area contributed by atoms with E-state index in [0.717, 1.165) is 0 Å². The molecule has 1 amide bonds. The van der Waals surface area contributed by atoms with Gasteiger partial charge < -0.3 is 19.5 Å². The summed E-state index contributed by atoms with van der Waals surface area (Å²) in [5.41, 5.74) is -3.19. The maximum Gasteiger partial charge on any atom is 0.417 e. The third-order valence-electron chi connectivity index (χ3n) is 3.08. The van der Waals surface area contributed by atoms with Crippen LogP contribution >= 0.6 is 0 Å². The number of aliphatic hydroxyl groups is 1. The number of alkyl halides is 3. The van der Waals surface area contributed by atoms with Crippen molar-refractivity contribution < 1.29 is 37.3 Å². The number of halogens is 3. The van der Waals surface area contributed by atoms with Crippen LogP contribution in [0.4, 0.5) is 13.2 Å². The molecule has 2 atom stereocenters. The van der Waals surface area contributed by atoms with Crippen molar-refractivity contribution in [1.29, 1.82) is 0 Å². The highest BCUT2D eigenvalue weighted by atomic mass is 19.4. The summed E-state index contributed by atoms with van der Waals surface area (Å²) in [5, 5.41) is 9.18. The molecule has 0 saturated carbocycles. The number of carbonyl (C=O) groups excluding carboxylic acids is 2. The van der Waals surface area contributed by atoms with Gasteiger partial charge in [-0.15, -0.1) is 0 Å². The van der Waals surface area contributed by atoms with Crippen molar-refractivity contribution in [1.82, 2.24) is 4.90 Å². The topological polar surface area (TPSA) is 76.1 Å². The van der Waals surface area contributed by atoms with Gasteiger partial charge in [0.15, 0.2) is 11.7 Å². The van der Waals surface area contributed by atoms with Crippen LogP contribution in [-0.2, 0) is 19.1 Å². The number of nitrogens with zero attached hydrogens (tertiary/aromatic N) is 1. The fourth-order valence-corrected chi connectivity index (χ4v) is 1.71. The van der Waals surface area contributed by atoms with Crippen LogP contribution in [0.2, 0.25) is 0 Å². The predicted octanol–water partition coefficient (Wildman–Crippen LogP) is 0.480. The SMILES string of the molecule is C[C@@H](OC(=O)C[C@@](C)(O)C(F)(F)F)C(=O)N1CCOCC1. The number of ether oxygens (including phenoxy) is 2. The zero-order valence-corrected chi connectivity index (χ0v) is 11.8. The van der Waals surface area contributed by atoms with Crippen molar-refractivity contribution in [2.75, 3.05) is 26.3 Å². The third-order valence-corrected chi connectivity index (χ3v) is 3.08. The van der Waals surface area contributed by atoms with Gasteiger partial charge in [-0.05, 0) is 13.8 Å². The van der Waals surface area contributed by atoms with Gasteiger partial charge in [0.05, 0.1) is 19.6 Å². The smallest absolute Gasteiger partial charge is 0.417 e. The second-order valence-corrected chi connectivity index (χ2v) is 5.02. The molecule has 0 spiro atoms. The van der Waals surface area contributed by atoms with Crippen LogP contribution < -0.4 is 0 Å². The average molecular weight is 313 g/mol. The van der Waals surface area contributed by atoms with E-state index in [-0.39, 0.29) is 0 Å². The van der Waals surface area contributed by atoms with E-state index in [2.05, 4.69) is 4.74 Å². The fourth-order valence-electron chi connectivity index (χ4n) is 1.71. The Balaban J connectivity index is 2.52. The van der Waals surface area contributed by atoms with Crippen LogP contribution in [0.1, 0.15) is 20.3 Å². The van der Waals surface area contributed by atoms with Crippen molar-refractivity contribution in [2.45, 2.75) is 38.1 Å². The highest BCUT2D eigenvalue weighted by molar-refractivity contribution is 5.83. The first-order chi connectivity index (χ1) is 9.54. The van der Waals surface area contributed by atoms with E-state index in [9.17, 15) is 27.9 Å². The number of rotatable bonds is 4. The Morgan fingerprint density at radius 3 is 2.33 bits per heavy atom. The summed E-state index contributed by atoms with van der Waals surface area (Å²) in [6.45, 7) is 3.13. The van der Waals surface area contributed by atoms with Gasteiger partial charge in [-0.3, -0.25) is 9.59 Å². The first kappa shape index (κ1) is 17.7. The zero-order chi connectivity index (χ0) is 16.3. The van der Waals surface area contributed by atoms with Crippen LogP contribution in [0, 0.1) is 0 Å². The minimum Gasteiger partial charge on any atom is -0.452 e. The summed E-state index contributed by atoms with van der Waals surface area (Å²) < 4.78 is 47.0. The lowest BCUT2D eigenvalue weighted by atomic mass is 10.0. The number of hydrogen-bond acceptors (Lipinski definition) is 5. The maximum atomic E-state index is 12.4. The Morgan fingerprint density at radius 2 is 1.86 bits per heavy atom. The van der Waals surface area contributed by atoms with Gasteiger partial charge in [0.25, 0.3) is 5.91 Å². The normalized spacial score (nSPS) is 20.6. The van der Waals surface area contributed by atoms with E-state index >= 15 is 0 Å². The van der Waals surface area contributed by atoms with E-state index in [0.29, 0.717) is 33.2 Å². The Hall–Kier alpha value is -1.35. The van der Waals surface area contributed by atoms with Crippen molar-refractivity contribution >= 4 is 11.9 Å². The van der Waals surface area contributed by atoms with Crippen LogP contribution in [0.25, 0.3) is 0 Å². The second-order valence-electron chi connectivity index (χ2n) is 5.02. The largest absolute Gasteiger partial charge is 0.452 e. The van der Waals surface area contributed by atoms with Gasteiger partial charge in [0.1, 0.15) is 0 Å². The second kappa shape index (κ2) is 6.61. The fraction of sp³-hybridized carbons (Fsp3) is 0.833. The molecule has 1 rings (SSSR count). The zero-order valence-electron chi connectivity index (χ0n) is 11.8. The molecule has 0 radical (unpaired) electrons. The Kier molecular flexibility index (Phi) is 5.57. The quantitative estimate of drug-likeness (QED) is 0.764. The molecule has 1 heterocycles. The summed E-state index contributed by atoms with van der Waals surface area (Å²) >= 11 is 0. The molecule has 0 aromatic heterocycles. The van der Waals surface area contributed by atoms with E-state index in [4.69, 9.17) is 4.74 Å². The molecule has 0 bridgehead atoms. The minimum absolute atomic E-state index is 0.334. The van der Waals surface area contributed by atoms with E-state index in [1.54, 1.807) is 0 Å². The molecule has 6 nitrogen and oxygen atoms in total. The Morgan fingerprint density at radius 1 is 1.33 bits per heavy atom. The van der Waals surface area contributed by atoms with Gasteiger partial charge >= 0.3 is 12.1 Å². The third kappa shape index (κ3) is 4.85. The number of esters is 1. The van der Waals surface area contributed by atoms with Crippen LogP contribution in [0.15, 0.2) is 0 Å². The van der Waals surface area contributed by atoms with E-state index in [1.807, 2.05) is 0 Å². The van der Waals surface area contributed by atoms with Gasteiger partial charge in [-0.1, -0.05) is 0 Å². The molecule has 1 N–H and O–H groups in total.